The average molecular weight is 236 g/mol. The van der Waals surface area contributed by atoms with Crippen LogP contribution in [0.4, 0.5) is 0 Å². The number of nitrogens with zero attached hydrogens (tertiary/aromatic N) is 2. The molecule has 1 atom stereocenters. The van der Waals surface area contributed by atoms with Crippen LogP contribution in [0.3, 0.4) is 0 Å². The Kier molecular flexibility index (Phi) is 4.61. The molecule has 0 amide bonds. The van der Waals surface area contributed by atoms with Crippen LogP contribution in [0.5, 0.6) is 0 Å². The predicted molar refractivity (Wildman–Crippen MR) is 65.7 cm³/mol. The topological polar surface area (TPSA) is 52.1 Å². The molecule has 1 unspecified atom stereocenters. The molecule has 94 valence electrons. The molecule has 0 saturated heterocycles. The first kappa shape index (κ1) is 13.6. The van der Waals surface area contributed by atoms with Crippen molar-refractivity contribution < 1.29 is 9.53 Å². The second-order valence-electron chi connectivity index (χ2n) is 4.46. The first-order valence-corrected chi connectivity index (χ1v) is 5.91. The quantitative estimate of drug-likeness (QED) is 0.752. The van der Waals surface area contributed by atoms with E-state index in [1.54, 1.807) is 0 Å². The van der Waals surface area contributed by atoms with Crippen LogP contribution in [0.15, 0.2) is 6.07 Å². The Morgan fingerprint density at radius 3 is 2.53 bits per heavy atom. The molecule has 1 rings (SSSR count). The number of ether oxygens (including phenoxy) is 1. The number of esters is 1. The van der Waals surface area contributed by atoms with Crippen LogP contribution in [0, 0.1) is 12.8 Å². The summed E-state index contributed by atoms with van der Waals surface area (Å²) in [6.45, 7) is 7.89. The largest absolute Gasteiger partial charge is 0.468 e. The van der Waals surface area contributed by atoms with Crippen molar-refractivity contribution in [1.82, 2.24) is 9.97 Å². The van der Waals surface area contributed by atoms with Gasteiger partial charge in [-0.3, -0.25) is 4.79 Å². The summed E-state index contributed by atoms with van der Waals surface area (Å²) in [5.74, 6) is 0.0375. The van der Waals surface area contributed by atoms with Crippen LogP contribution in [-0.4, -0.2) is 23.0 Å². The summed E-state index contributed by atoms with van der Waals surface area (Å²) < 4.78 is 4.82. The van der Waals surface area contributed by atoms with Gasteiger partial charge in [-0.25, -0.2) is 9.97 Å². The van der Waals surface area contributed by atoms with Gasteiger partial charge >= 0.3 is 5.97 Å². The second kappa shape index (κ2) is 5.75. The number of methoxy groups -OCH3 is 1. The van der Waals surface area contributed by atoms with Gasteiger partial charge in [-0.1, -0.05) is 20.8 Å². The predicted octanol–water partition coefficient (Wildman–Crippen LogP) is 2.26. The first-order chi connectivity index (χ1) is 7.99. The number of carbonyl (C=O) groups is 1. The van der Waals surface area contributed by atoms with E-state index >= 15 is 0 Å². The third kappa shape index (κ3) is 3.25. The Balaban J connectivity index is 3.18. The molecule has 0 saturated carbocycles. The summed E-state index contributed by atoms with van der Waals surface area (Å²) >= 11 is 0. The van der Waals surface area contributed by atoms with E-state index in [1.807, 2.05) is 33.8 Å². The Bertz CT molecular complexity index is 402. The molecule has 0 radical (unpaired) electrons. The maximum absolute atomic E-state index is 11.8. The molecule has 1 aromatic rings. The number of aryl methyl sites for hydroxylation is 2. The molecule has 1 heterocycles. The third-order valence-electron chi connectivity index (χ3n) is 2.69. The lowest BCUT2D eigenvalue weighted by molar-refractivity contribution is -0.143. The fourth-order valence-corrected chi connectivity index (χ4v) is 1.78. The van der Waals surface area contributed by atoms with Crippen LogP contribution in [0.1, 0.15) is 43.9 Å². The lowest BCUT2D eigenvalue weighted by Gasteiger charge is -2.17. The summed E-state index contributed by atoms with van der Waals surface area (Å²) in [5.41, 5.74) is 1.85. The summed E-state index contributed by atoms with van der Waals surface area (Å²) in [4.78, 5) is 20.6. The highest BCUT2D eigenvalue weighted by atomic mass is 16.5. The van der Waals surface area contributed by atoms with Gasteiger partial charge in [0.2, 0.25) is 0 Å². The van der Waals surface area contributed by atoms with E-state index in [4.69, 9.17) is 4.74 Å². The summed E-state index contributed by atoms with van der Waals surface area (Å²) in [7, 11) is 1.40. The summed E-state index contributed by atoms with van der Waals surface area (Å²) in [6.07, 6.45) is 0.836. The minimum absolute atomic E-state index is 0.119. The van der Waals surface area contributed by atoms with E-state index in [0.717, 1.165) is 17.8 Å². The molecule has 0 fully saturated rings. The lowest BCUT2D eigenvalue weighted by Crippen LogP contribution is -2.22. The third-order valence-corrected chi connectivity index (χ3v) is 2.69. The number of hydrogen-bond acceptors (Lipinski definition) is 4. The standard InChI is InChI=1S/C13H20N2O2/c1-6-10-7-9(4)14-12(15-10)11(8(2)3)13(16)17-5/h7-8,11H,6H2,1-5H3. The molecule has 0 aliphatic heterocycles. The summed E-state index contributed by atoms with van der Waals surface area (Å²) in [5, 5.41) is 0. The Morgan fingerprint density at radius 1 is 1.41 bits per heavy atom. The minimum Gasteiger partial charge on any atom is -0.468 e. The van der Waals surface area contributed by atoms with Gasteiger partial charge in [0.1, 0.15) is 11.7 Å². The van der Waals surface area contributed by atoms with Crippen LogP contribution < -0.4 is 0 Å². The highest BCUT2D eigenvalue weighted by molar-refractivity contribution is 5.77. The molecule has 0 aliphatic carbocycles. The number of aromatic nitrogens is 2. The van der Waals surface area contributed by atoms with E-state index in [2.05, 4.69) is 9.97 Å². The van der Waals surface area contributed by atoms with E-state index in [9.17, 15) is 4.79 Å². The molecule has 1 aromatic heterocycles. The zero-order valence-electron chi connectivity index (χ0n) is 11.2. The monoisotopic (exact) mass is 236 g/mol. The van der Waals surface area contributed by atoms with Gasteiger partial charge < -0.3 is 4.74 Å². The van der Waals surface area contributed by atoms with Gasteiger partial charge in [0, 0.05) is 11.4 Å². The van der Waals surface area contributed by atoms with Crippen molar-refractivity contribution in [1.29, 1.82) is 0 Å². The number of hydrogen-bond donors (Lipinski definition) is 0. The van der Waals surface area contributed by atoms with Crippen LogP contribution >= 0.6 is 0 Å². The molecule has 0 aliphatic rings. The Hall–Kier alpha value is -1.45. The van der Waals surface area contributed by atoms with Gasteiger partial charge in [-0.15, -0.1) is 0 Å². The lowest BCUT2D eigenvalue weighted by atomic mass is 9.95. The zero-order chi connectivity index (χ0) is 13.0. The van der Waals surface area contributed by atoms with Gasteiger partial charge in [-0.2, -0.15) is 0 Å². The van der Waals surface area contributed by atoms with Crippen molar-refractivity contribution in [3.8, 4) is 0 Å². The van der Waals surface area contributed by atoms with Gasteiger partial charge in [0.25, 0.3) is 0 Å². The molecule has 4 heteroatoms. The van der Waals surface area contributed by atoms with Crippen LogP contribution in [-0.2, 0) is 16.0 Å². The SMILES string of the molecule is CCc1cc(C)nc(C(C(=O)OC)C(C)C)n1. The maximum atomic E-state index is 11.8. The van der Waals surface area contributed by atoms with E-state index in [0.29, 0.717) is 5.82 Å². The van der Waals surface area contributed by atoms with Crippen LogP contribution in [0.25, 0.3) is 0 Å². The molecule has 0 bridgehead atoms. The maximum Gasteiger partial charge on any atom is 0.316 e. The Labute approximate surface area is 102 Å². The van der Waals surface area contributed by atoms with Gasteiger partial charge in [-0.05, 0) is 25.3 Å². The van der Waals surface area contributed by atoms with Crippen molar-refractivity contribution in [2.75, 3.05) is 7.11 Å². The van der Waals surface area contributed by atoms with Crippen molar-refractivity contribution >= 4 is 5.97 Å². The molecule has 17 heavy (non-hydrogen) atoms. The molecular formula is C13H20N2O2. The number of carbonyl (C=O) groups excluding carboxylic acids is 1. The molecule has 0 spiro atoms. The van der Waals surface area contributed by atoms with Gasteiger partial charge in [0.05, 0.1) is 7.11 Å². The Morgan fingerprint density at radius 2 is 2.06 bits per heavy atom. The van der Waals surface area contributed by atoms with Crippen molar-refractivity contribution in [3.63, 3.8) is 0 Å². The highest BCUT2D eigenvalue weighted by Crippen LogP contribution is 2.23. The summed E-state index contributed by atoms with van der Waals surface area (Å²) in [6, 6.07) is 1.94. The molecule has 0 aromatic carbocycles. The normalized spacial score (nSPS) is 12.6. The molecule has 4 nitrogen and oxygen atoms in total. The van der Waals surface area contributed by atoms with E-state index < -0.39 is 0 Å². The number of rotatable bonds is 4. The highest BCUT2D eigenvalue weighted by Gasteiger charge is 2.28. The van der Waals surface area contributed by atoms with Crippen molar-refractivity contribution in [2.24, 2.45) is 5.92 Å². The van der Waals surface area contributed by atoms with Crippen molar-refractivity contribution in [2.45, 2.75) is 40.0 Å². The van der Waals surface area contributed by atoms with E-state index in [1.165, 1.54) is 7.11 Å². The second-order valence-corrected chi connectivity index (χ2v) is 4.46. The fraction of sp³-hybridized carbons (Fsp3) is 0.615. The average Bonchev–Trinajstić information content (AvgIpc) is 2.27. The molecular weight excluding hydrogens is 216 g/mol. The van der Waals surface area contributed by atoms with E-state index in [-0.39, 0.29) is 17.8 Å². The molecule has 0 N–H and O–H groups in total. The van der Waals surface area contributed by atoms with Crippen molar-refractivity contribution in [3.05, 3.63) is 23.3 Å². The van der Waals surface area contributed by atoms with Gasteiger partial charge in [0.15, 0.2) is 0 Å². The zero-order valence-corrected chi connectivity index (χ0v) is 11.2. The minimum atomic E-state index is -0.384. The first-order valence-electron chi connectivity index (χ1n) is 5.91. The smallest absolute Gasteiger partial charge is 0.316 e. The van der Waals surface area contributed by atoms with Crippen LogP contribution in [0.2, 0.25) is 0 Å². The fourth-order valence-electron chi connectivity index (χ4n) is 1.78.